The van der Waals surface area contributed by atoms with E-state index in [-0.39, 0.29) is 12.5 Å². The van der Waals surface area contributed by atoms with Gasteiger partial charge in [0.15, 0.2) is 0 Å². The molecule has 29 heavy (non-hydrogen) atoms. The molecule has 0 unspecified atom stereocenters. The number of carbonyl (C=O) groups excluding carboxylic acids is 1. The van der Waals surface area contributed by atoms with Gasteiger partial charge in [0, 0.05) is 23.7 Å². The molecular weight excluding hydrogens is 388 g/mol. The molecule has 3 aromatic rings. The minimum absolute atomic E-state index is 0.0227. The summed E-state index contributed by atoms with van der Waals surface area (Å²) in [6, 6.07) is 15.4. The van der Waals surface area contributed by atoms with Gasteiger partial charge in [-0.2, -0.15) is 4.80 Å². The number of nitrogens with one attached hydrogen (secondary N) is 1. The molecule has 1 aromatic heterocycles. The SMILES string of the molecule is O=C(Cn1nnc(-c2ccc(Cl)cc2)n1)NCc1ccccc1CN1CCCC1. The van der Waals surface area contributed by atoms with Crippen LogP contribution >= 0.6 is 11.6 Å². The summed E-state index contributed by atoms with van der Waals surface area (Å²) in [5, 5.41) is 15.9. The Morgan fingerprint density at radius 3 is 2.52 bits per heavy atom. The smallest absolute Gasteiger partial charge is 0.243 e. The quantitative estimate of drug-likeness (QED) is 0.648. The summed E-state index contributed by atoms with van der Waals surface area (Å²) >= 11 is 5.90. The van der Waals surface area contributed by atoms with E-state index < -0.39 is 0 Å². The van der Waals surface area contributed by atoms with Crippen LogP contribution < -0.4 is 5.32 Å². The lowest BCUT2D eigenvalue weighted by Gasteiger charge is -2.17. The summed E-state index contributed by atoms with van der Waals surface area (Å²) < 4.78 is 0. The number of amides is 1. The van der Waals surface area contributed by atoms with Crippen LogP contribution in [0.3, 0.4) is 0 Å². The normalized spacial score (nSPS) is 14.2. The zero-order valence-corrected chi connectivity index (χ0v) is 16.8. The van der Waals surface area contributed by atoms with Crippen LogP contribution in [0.5, 0.6) is 0 Å². The van der Waals surface area contributed by atoms with Gasteiger partial charge >= 0.3 is 0 Å². The highest BCUT2D eigenvalue weighted by atomic mass is 35.5. The average Bonchev–Trinajstić information content (AvgIpc) is 3.40. The van der Waals surface area contributed by atoms with Gasteiger partial charge in [-0.3, -0.25) is 9.69 Å². The molecule has 1 N–H and O–H groups in total. The zero-order chi connectivity index (χ0) is 20.1. The summed E-state index contributed by atoms with van der Waals surface area (Å²) in [7, 11) is 0. The van der Waals surface area contributed by atoms with Crippen molar-refractivity contribution in [3.8, 4) is 11.4 Å². The fraction of sp³-hybridized carbons (Fsp3) is 0.333. The molecule has 0 saturated carbocycles. The van der Waals surface area contributed by atoms with Crippen molar-refractivity contribution in [1.82, 2.24) is 30.4 Å². The molecule has 1 fully saturated rings. The monoisotopic (exact) mass is 410 g/mol. The van der Waals surface area contributed by atoms with Crippen molar-refractivity contribution in [3.63, 3.8) is 0 Å². The summed E-state index contributed by atoms with van der Waals surface area (Å²) in [5.41, 5.74) is 3.21. The van der Waals surface area contributed by atoms with Crippen LogP contribution in [0.4, 0.5) is 0 Å². The van der Waals surface area contributed by atoms with Gasteiger partial charge < -0.3 is 5.32 Å². The summed E-state index contributed by atoms with van der Waals surface area (Å²) in [6.45, 7) is 3.74. The second-order valence-electron chi connectivity index (χ2n) is 7.18. The molecular formula is C21H23ClN6O. The van der Waals surface area contributed by atoms with Crippen LogP contribution in [0.1, 0.15) is 24.0 Å². The van der Waals surface area contributed by atoms with Crippen molar-refractivity contribution >= 4 is 17.5 Å². The lowest BCUT2D eigenvalue weighted by molar-refractivity contribution is -0.122. The highest BCUT2D eigenvalue weighted by Crippen LogP contribution is 2.17. The number of hydrogen-bond donors (Lipinski definition) is 1. The lowest BCUT2D eigenvalue weighted by Crippen LogP contribution is -2.29. The van der Waals surface area contributed by atoms with Crippen LogP contribution in [0.2, 0.25) is 5.02 Å². The van der Waals surface area contributed by atoms with Crippen molar-refractivity contribution < 1.29 is 4.79 Å². The van der Waals surface area contributed by atoms with E-state index in [0.29, 0.717) is 17.4 Å². The van der Waals surface area contributed by atoms with Gasteiger partial charge in [-0.25, -0.2) is 0 Å². The second kappa shape index (κ2) is 9.15. The average molecular weight is 411 g/mol. The minimum Gasteiger partial charge on any atom is -0.350 e. The number of nitrogens with zero attached hydrogens (tertiary/aromatic N) is 5. The topological polar surface area (TPSA) is 75.9 Å². The van der Waals surface area contributed by atoms with Gasteiger partial charge in [-0.05, 0) is 66.5 Å². The Bertz CT molecular complexity index is 965. The zero-order valence-electron chi connectivity index (χ0n) is 16.1. The first-order valence-electron chi connectivity index (χ1n) is 9.77. The molecule has 8 heteroatoms. The van der Waals surface area contributed by atoms with Gasteiger partial charge in [0.25, 0.3) is 0 Å². The summed E-state index contributed by atoms with van der Waals surface area (Å²) in [6.07, 6.45) is 2.53. The van der Waals surface area contributed by atoms with E-state index in [4.69, 9.17) is 11.6 Å². The maximum absolute atomic E-state index is 12.4. The van der Waals surface area contributed by atoms with Crippen LogP contribution in [-0.4, -0.2) is 44.1 Å². The van der Waals surface area contributed by atoms with Crippen LogP contribution in [0.15, 0.2) is 48.5 Å². The standard InChI is InChI=1S/C21H23ClN6O/c22-19-9-7-16(8-10-19)21-24-26-28(25-21)15-20(29)23-13-17-5-1-2-6-18(17)14-27-11-3-4-12-27/h1-2,5-10H,3-4,11-15H2,(H,23,29). The number of halogens is 1. The predicted molar refractivity (Wildman–Crippen MR) is 111 cm³/mol. The molecule has 0 radical (unpaired) electrons. The minimum atomic E-state index is -0.152. The molecule has 0 aliphatic carbocycles. The molecule has 1 aliphatic rings. The van der Waals surface area contributed by atoms with Gasteiger partial charge in [-0.1, -0.05) is 35.9 Å². The van der Waals surface area contributed by atoms with E-state index in [0.717, 1.165) is 30.8 Å². The maximum atomic E-state index is 12.4. The van der Waals surface area contributed by atoms with Gasteiger partial charge in [-0.15, -0.1) is 10.2 Å². The van der Waals surface area contributed by atoms with E-state index in [1.807, 2.05) is 24.3 Å². The molecule has 0 atom stereocenters. The van der Waals surface area contributed by atoms with Crippen molar-refractivity contribution in [3.05, 3.63) is 64.7 Å². The number of tetrazole rings is 1. The van der Waals surface area contributed by atoms with E-state index in [1.165, 1.54) is 23.2 Å². The highest BCUT2D eigenvalue weighted by Gasteiger charge is 2.14. The third-order valence-corrected chi connectivity index (χ3v) is 5.28. The first-order valence-corrected chi connectivity index (χ1v) is 10.1. The number of rotatable bonds is 7. The summed E-state index contributed by atoms with van der Waals surface area (Å²) in [5.74, 6) is 0.312. The number of benzene rings is 2. The Labute approximate surface area is 174 Å². The highest BCUT2D eigenvalue weighted by molar-refractivity contribution is 6.30. The first kappa shape index (κ1) is 19.5. The van der Waals surface area contributed by atoms with E-state index >= 15 is 0 Å². The van der Waals surface area contributed by atoms with Crippen LogP contribution in [-0.2, 0) is 24.4 Å². The number of likely N-dealkylation sites (tertiary alicyclic amines) is 1. The van der Waals surface area contributed by atoms with Gasteiger partial charge in [0.1, 0.15) is 6.54 Å². The number of carbonyl (C=O) groups is 1. The maximum Gasteiger partial charge on any atom is 0.243 e. The molecule has 4 rings (SSSR count). The molecule has 0 bridgehead atoms. The van der Waals surface area contributed by atoms with Crippen molar-refractivity contribution in [2.24, 2.45) is 0 Å². The fourth-order valence-corrected chi connectivity index (χ4v) is 3.59. The van der Waals surface area contributed by atoms with Crippen molar-refractivity contribution in [2.45, 2.75) is 32.5 Å². The summed E-state index contributed by atoms with van der Waals surface area (Å²) in [4.78, 5) is 16.1. The van der Waals surface area contributed by atoms with E-state index in [9.17, 15) is 4.79 Å². The Morgan fingerprint density at radius 1 is 1.03 bits per heavy atom. The Balaban J connectivity index is 1.33. The molecule has 1 saturated heterocycles. The molecule has 150 valence electrons. The fourth-order valence-electron chi connectivity index (χ4n) is 3.47. The second-order valence-corrected chi connectivity index (χ2v) is 7.62. The molecule has 7 nitrogen and oxygen atoms in total. The molecule has 2 heterocycles. The molecule has 1 aliphatic heterocycles. The third-order valence-electron chi connectivity index (χ3n) is 5.03. The Morgan fingerprint density at radius 2 is 1.76 bits per heavy atom. The van der Waals surface area contributed by atoms with Crippen molar-refractivity contribution in [1.29, 1.82) is 0 Å². The third kappa shape index (κ3) is 5.19. The van der Waals surface area contributed by atoms with Crippen LogP contribution in [0, 0.1) is 0 Å². The molecule has 1 amide bonds. The van der Waals surface area contributed by atoms with E-state index in [2.05, 4.69) is 37.8 Å². The molecule has 2 aromatic carbocycles. The van der Waals surface area contributed by atoms with E-state index in [1.54, 1.807) is 12.1 Å². The first-order chi connectivity index (χ1) is 14.2. The number of aromatic nitrogens is 4. The number of hydrogen-bond acceptors (Lipinski definition) is 5. The largest absolute Gasteiger partial charge is 0.350 e. The molecule has 0 spiro atoms. The van der Waals surface area contributed by atoms with Gasteiger partial charge in [0.2, 0.25) is 11.7 Å². The lowest BCUT2D eigenvalue weighted by atomic mass is 10.1. The van der Waals surface area contributed by atoms with Gasteiger partial charge in [0.05, 0.1) is 0 Å². The Kier molecular flexibility index (Phi) is 6.17. The van der Waals surface area contributed by atoms with Crippen LogP contribution in [0.25, 0.3) is 11.4 Å². The van der Waals surface area contributed by atoms with Crippen molar-refractivity contribution in [2.75, 3.05) is 13.1 Å². The predicted octanol–water partition coefficient (Wildman–Crippen LogP) is 2.91. The Hall–Kier alpha value is -2.77.